The molecule has 0 aromatic rings. The zero-order chi connectivity index (χ0) is 11.3. The minimum atomic E-state index is -3.40. The second-order valence-corrected chi connectivity index (χ2v) is 5.89. The Morgan fingerprint density at radius 1 is 1.40 bits per heavy atom. The first-order chi connectivity index (χ1) is 6.97. The highest BCUT2D eigenvalue weighted by Crippen LogP contribution is 2.17. The van der Waals surface area contributed by atoms with Crippen LogP contribution in [0.2, 0.25) is 0 Å². The van der Waals surface area contributed by atoms with Crippen LogP contribution in [0.25, 0.3) is 0 Å². The van der Waals surface area contributed by atoms with E-state index >= 15 is 0 Å². The zero-order valence-corrected chi connectivity index (χ0v) is 10.2. The van der Waals surface area contributed by atoms with Gasteiger partial charge in [-0.25, -0.2) is 13.6 Å². The standard InChI is InChI=1S/C8H17N3O2S2/c9-15(12,13)6-5-10-8(14)11-7-3-1-2-4-7/h7H,1-6H2,(H2,9,12,13)(H2,10,11,14). The lowest BCUT2D eigenvalue weighted by molar-refractivity contribution is 0.595. The Bertz CT molecular complexity index is 310. The van der Waals surface area contributed by atoms with Crippen LogP contribution in [0.4, 0.5) is 0 Å². The van der Waals surface area contributed by atoms with Crippen molar-refractivity contribution in [2.75, 3.05) is 12.3 Å². The van der Waals surface area contributed by atoms with Gasteiger partial charge < -0.3 is 10.6 Å². The van der Waals surface area contributed by atoms with Crippen molar-refractivity contribution < 1.29 is 8.42 Å². The van der Waals surface area contributed by atoms with Gasteiger partial charge in [0.15, 0.2) is 5.11 Å². The molecule has 88 valence electrons. The first-order valence-corrected chi connectivity index (χ1v) is 7.14. The molecule has 1 rings (SSSR count). The second kappa shape index (κ2) is 5.62. The van der Waals surface area contributed by atoms with Crippen molar-refractivity contribution in [1.82, 2.24) is 10.6 Å². The normalized spacial score (nSPS) is 17.7. The van der Waals surface area contributed by atoms with E-state index in [-0.39, 0.29) is 12.3 Å². The van der Waals surface area contributed by atoms with Gasteiger partial charge in [0.25, 0.3) is 0 Å². The van der Waals surface area contributed by atoms with E-state index in [1.807, 2.05) is 0 Å². The number of primary sulfonamides is 1. The Morgan fingerprint density at radius 2 is 2.00 bits per heavy atom. The van der Waals surface area contributed by atoms with E-state index in [0.29, 0.717) is 11.2 Å². The molecule has 5 nitrogen and oxygen atoms in total. The molecule has 15 heavy (non-hydrogen) atoms. The Hall–Kier alpha value is -0.400. The SMILES string of the molecule is NS(=O)(=O)CCNC(=S)NC1CCCC1. The summed E-state index contributed by atoms with van der Waals surface area (Å²) in [6.07, 6.45) is 4.74. The quantitative estimate of drug-likeness (QED) is 0.597. The van der Waals surface area contributed by atoms with Gasteiger partial charge in [-0.15, -0.1) is 0 Å². The summed E-state index contributed by atoms with van der Waals surface area (Å²) in [5.41, 5.74) is 0. The number of nitrogens with one attached hydrogen (secondary N) is 2. The molecule has 0 bridgehead atoms. The zero-order valence-electron chi connectivity index (χ0n) is 8.53. The van der Waals surface area contributed by atoms with Gasteiger partial charge in [0, 0.05) is 12.6 Å². The summed E-state index contributed by atoms with van der Waals surface area (Å²) in [6.45, 7) is 0.261. The molecule has 7 heteroatoms. The molecule has 0 radical (unpaired) electrons. The van der Waals surface area contributed by atoms with Crippen molar-refractivity contribution in [3.8, 4) is 0 Å². The van der Waals surface area contributed by atoms with Crippen molar-refractivity contribution in [1.29, 1.82) is 0 Å². The summed E-state index contributed by atoms with van der Waals surface area (Å²) in [5, 5.41) is 11.3. The van der Waals surface area contributed by atoms with Crippen LogP contribution in [0.5, 0.6) is 0 Å². The third-order valence-corrected chi connectivity index (χ3v) is 3.40. The highest BCUT2D eigenvalue weighted by molar-refractivity contribution is 7.89. The van der Waals surface area contributed by atoms with Crippen molar-refractivity contribution in [2.45, 2.75) is 31.7 Å². The molecule has 1 aliphatic rings. The van der Waals surface area contributed by atoms with Gasteiger partial charge in [0.2, 0.25) is 10.0 Å². The van der Waals surface area contributed by atoms with Crippen LogP contribution >= 0.6 is 12.2 Å². The van der Waals surface area contributed by atoms with E-state index < -0.39 is 10.0 Å². The Kier molecular flexibility index (Phi) is 4.75. The van der Waals surface area contributed by atoms with Crippen molar-refractivity contribution in [3.05, 3.63) is 0 Å². The summed E-state index contributed by atoms with van der Waals surface area (Å²) >= 11 is 5.02. The van der Waals surface area contributed by atoms with Crippen LogP contribution in [-0.2, 0) is 10.0 Å². The van der Waals surface area contributed by atoms with Gasteiger partial charge in [-0.3, -0.25) is 0 Å². The van der Waals surface area contributed by atoms with Crippen LogP contribution in [0, 0.1) is 0 Å². The molecule has 1 fully saturated rings. The lowest BCUT2D eigenvalue weighted by atomic mass is 10.3. The van der Waals surface area contributed by atoms with Crippen molar-refractivity contribution in [2.24, 2.45) is 5.14 Å². The summed E-state index contributed by atoms with van der Waals surface area (Å²) in [6, 6.07) is 0.444. The van der Waals surface area contributed by atoms with Crippen molar-refractivity contribution >= 4 is 27.4 Å². The summed E-state index contributed by atoms with van der Waals surface area (Å²) < 4.78 is 21.3. The Labute approximate surface area is 95.8 Å². The predicted octanol–water partition coefficient (Wildman–Crippen LogP) is -0.318. The number of rotatable bonds is 4. The lowest BCUT2D eigenvalue weighted by Gasteiger charge is -2.15. The maximum Gasteiger partial charge on any atom is 0.210 e. The van der Waals surface area contributed by atoms with E-state index in [1.54, 1.807) is 0 Å². The minimum Gasteiger partial charge on any atom is -0.362 e. The van der Waals surface area contributed by atoms with Crippen LogP contribution < -0.4 is 15.8 Å². The van der Waals surface area contributed by atoms with E-state index in [2.05, 4.69) is 10.6 Å². The molecule has 1 saturated carbocycles. The molecule has 0 aromatic carbocycles. The highest BCUT2D eigenvalue weighted by Gasteiger charge is 2.15. The first kappa shape index (κ1) is 12.7. The van der Waals surface area contributed by atoms with Crippen LogP contribution in [0.1, 0.15) is 25.7 Å². The summed E-state index contributed by atoms with van der Waals surface area (Å²) in [4.78, 5) is 0. The number of hydrogen-bond donors (Lipinski definition) is 3. The van der Waals surface area contributed by atoms with Gasteiger partial charge in [0.1, 0.15) is 0 Å². The van der Waals surface area contributed by atoms with E-state index in [0.717, 1.165) is 12.8 Å². The van der Waals surface area contributed by atoms with Gasteiger partial charge in [-0.1, -0.05) is 12.8 Å². The van der Waals surface area contributed by atoms with E-state index in [9.17, 15) is 8.42 Å². The highest BCUT2D eigenvalue weighted by atomic mass is 32.2. The number of hydrogen-bond acceptors (Lipinski definition) is 3. The van der Waals surface area contributed by atoms with E-state index in [1.165, 1.54) is 12.8 Å². The third-order valence-electron chi connectivity index (χ3n) is 2.36. The number of sulfonamides is 1. The molecule has 1 aliphatic carbocycles. The number of thiocarbonyl (C=S) groups is 1. The monoisotopic (exact) mass is 251 g/mol. The summed E-state index contributed by atoms with van der Waals surface area (Å²) in [5.74, 6) is -0.0977. The maximum atomic E-state index is 10.6. The average Bonchev–Trinajstić information content (AvgIpc) is 2.54. The molecule has 0 atom stereocenters. The molecule has 4 N–H and O–H groups in total. The average molecular weight is 251 g/mol. The fourth-order valence-electron chi connectivity index (χ4n) is 1.61. The Balaban J connectivity index is 2.13. The van der Waals surface area contributed by atoms with Crippen LogP contribution in [0.15, 0.2) is 0 Å². The molecule has 0 spiro atoms. The number of nitrogens with two attached hydrogens (primary N) is 1. The van der Waals surface area contributed by atoms with E-state index in [4.69, 9.17) is 17.4 Å². The fourth-order valence-corrected chi connectivity index (χ4v) is 2.27. The Morgan fingerprint density at radius 3 is 2.53 bits per heavy atom. The fraction of sp³-hybridized carbons (Fsp3) is 0.875. The molecule has 0 unspecified atom stereocenters. The molecule has 0 heterocycles. The van der Waals surface area contributed by atoms with Gasteiger partial charge in [-0.05, 0) is 25.1 Å². The molecule has 0 aliphatic heterocycles. The predicted molar refractivity (Wildman–Crippen MR) is 64.0 cm³/mol. The molecule has 0 saturated heterocycles. The molecular weight excluding hydrogens is 234 g/mol. The first-order valence-electron chi connectivity index (χ1n) is 5.02. The van der Waals surface area contributed by atoms with Crippen LogP contribution in [-0.4, -0.2) is 31.9 Å². The van der Waals surface area contributed by atoms with Gasteiger partial charge in [0.05, 0.1) is 5.75 Å². The summed E-state index contributed by atoms with van der Waals surface area (Å²) in [7, 11) is -3.40. The largest absolute Gasteiger partial charge is 0.362 e. The minimum absolute atomic E-state index is 0.0977. The lowest BCUT2D eigenvalue weighted by Crippen LogP contribution is -2.42. The molecule has 0 amide bonds. The molecule has 0 aromatic heterocycles. The smallest absolute Gasteiger partial charge is 0.210 e. The maximum absolute atomic E-state index is 10.6. The topological polar surface area (TPSA) is 84.2 Å². The van der Waals surface area contributed by atoms with Gasteiger partial charge >= 0.3 is 0 Å². The molecular formula is C8H17N3O2S2. The van der Waals surface area contributed by atoms with Crippen LogP contribution in [0.3, 0.4) is 0 Å². The second-order valence-electron chi connectivity index (χ2n) is 3.75. The third kappa shape index (κ3) is 5.91. The van der Waals surface area contributed by atoms with Gasteiger partial charge in [-0.2, -0.15) is 0 Å². The van der Waals surface area contributed by atoms with Crippen molar-refractivity contribution in [3.63, 3.8) is 0 Å².